The quantitative estimate of drug-likeness (QED) is 0.735. The number of piperazine rings is 1. The Hall–Kier alpha value is -2.82. The molecule has 0 aliphatic carbocycles. The molecule has 0 bridgehead atoms. The molecule has 1 atom stereocenters. The number of benzene rings is 2. The van der Waals surface area contributed by atoms with Crippen LogP contribution in [0.2, 0.25) is 0 Å². The maximum Gasteiger partial charge on any atom is 0.255 e. The normalized spacial score (nSPS) is 17.3. The lowest BCUT2D eigenvalue weighted by atomic mass is 10.0. The zero-order valence-corrected chi connectivity index (χ0v) is 19.1. The molecule has 2 aliphatic heterocycles. The molecule has 0 saturated carbocycles. The van der Waals surface area contributed by atoms with Crippen molar-refractivity contribution >= 4 is 17.5 Å². The van der Waals surface area contributed by atoms with Gasteiger partial charge in [-0.2, -0.15) is 0 Å². The second-order valence-corrected chi connectivity index (χ2v) is 9.27. The first-order valence-corrected chi connectivity index (χ1v) is 11.4. The third-order valence-corrected chi connectivity index (χ3v) is 6.71. The molecule has 2 heterocycles. The van der Waals surface area contributed by atoms with Crippen molar-refractivity contribution in [2.45, 2.75) is 46.7 Å². The van der Waals surface area contributed by atoms with Crippen LogP contribution in [0.25, 0.3) is 0 Å². The average Bonchev–Trinajstić information content (AvgIpc) is 3.10. The Balaban J connectivity index is 1.48. The lowest BCUT2D eigenvalue weighted by Gasteiger charge is -2.40. The lowest BCUT2D eigenvalue weighted by Crippen LogP contribution is -2.55. The Morgan fingerprint density at radius 3 is 2.35 bits per heavy atom. The van der Waals surface area contributed by atoms with E-state index in [9.17, 15) is 9.59 Å². The van der Waals surface area contributed by atoms with Gasteiger partial charge in [0.25, 0.3) is 5.91 Å². The third-order valence-electron chi connectivity index (χ3n) is 6.71. The van der Waals surface area contributed by atoms with E-state index in [2.05, 4.69) is 50.8 Å². The molecule has 2 aromatic carbocycles. The van der Waals surface area contributed by atoms with Crippen LogP contribution in [0.4, 0.5) is 5.69 Å². The number of amides is 2. The maximum absolute atomic E-state index is 13.6. The van der Waals surface area contributed by atoms with Gasteiger partial charge in [0.15, 0.2) is 0 Å². The molecule has 31 heavy (non-hydrogen) atoms. The van der Waals surface area contributed by atoms with Gasteiger partial charge in [-0.3, -0.25) is 9.59 Å². The van der Waals surface area contributed by atoms with Gasteiger partial charge in [0.05, 0.1) is 0 Å². The summed E-state index contributed by atoms with van der Waals surface area (Å²) in [7, 11) is 0. The minimum atomic E-state index is -0.396. The molecule has 2 aliphatic rings. The smallest absolute Gasteiger partial charge is 0.255 e. The van der Waals surface area contributed by atoms with Crippen LogP contribution in [-0.2, 0) is 11.3 Å². The molecule has 5 nitrogen and oxygen atoms in total. The number of nitrogens with zero attached hydrogens (tertiary/aromatic N) is 3. The summed E-state index contributed by atoms with van der Waals surface area (Å²) in [4.78, 5) is 32.8. The molecule has 5 heteroatoms. The van der Waals surface area contributed by atoms with Crippen molar-refractivity contribution in [3.63, 3.8) is 0 Å². The maximum atomic E-state index is 13.6. The Morgan fingerprint density at radius 2 is 1.68 bits per heavy atom. The number of fused-ring (bicyclic) bond motifs is 1. The first-order chi connectivity index (χ1) is 14.9. The van der Waals surface area contributed by atoms with Crippen molar-refractivity contribution in [1.82, 2.24) is 9.80 Å². The fourth-order valence-corrected chi connectivity index (χ4v) is 4.79. The Bertz CT molecular complexity index is 976. The summed E-state index contributed by atoms with van der Waals surface area (Å²) in [5, 5.41) is 0. The van der Waals surface area contributed by atoms with Crippen LogP contribution >= 0.6 is 0 Å². The zero-order valence-electron chi connectivity index (χ0n) is 19.1. The molecule has 2 amide bonds. The Labute approximate surface area is 185 Å². The predicted octanol–water partition coefficient (Wildman–Crippen LogP) is 4.02. The van der Waals surface area contributed by atoms with Crippen LogP contribution in [0.1, 0.15) is 47.3 Å². The molecule has 2 aromatic rings. The van der Waals surface area contributed by atoms with Crippen molar-refractivity contribution in [3.8, 4) is 0 Å². The van der Waals surface area contributed by atoms with E-state index in [-0.39, 0.29) is 11.8 Å². The van der Waals surface area contributed by atoms with Gasteiger partial charge < -0.3 is 14.7 Å². The minimum Gasteiger partial charge on any atom is -0.368 e. The highest BCUT2D eigenvalue weighted by molar-refractivity contribution is 6.01. The number of carbonyl (C=O) groups excluding carboxylic acids is 2. The molecule has 0 aromatic heterocycles. The van der Waals surface area contributed by atoms with E-state index in [0.717, 1.165) is 24.2 Å². The summed E-state index contributed by atoms with van der Waals surface area (Å²) in [6.45, 7) is 12.1. The first-order valence-electron chi connectivity index (χ1n) is 11.4. The number of carbonyl (C=O) groups is 2. The Morgan fingerprint density at radius 1 is 0.968 bits per heavy atom. The van der Waals surface area contributed by atoms with E-state index in [1.165, 1.54) is 16.8 Å². The van der Waals surface area contributed by atoms with Gasteiger partial charge in [0, 0.05) is 44.0 Å². The number of anilines is 1. The summed E-state index contributed by atoms with van der Waals surface area (Å²) < 4.78 is 0. The van der Waals surface area contributed by atoms with Crippen molar-refractivity contribution in [2.75, 3.05) is 31.1 Å². The second-order valence-electron chi connectivity index (χ2n) is 9.27. The fraction of sp³-hybridized carbons (Fsp3) is 0.462. The standard InChI is InChI=1S/C26H33N3O2/c1-18(2)16-24(29-17-21-9-5-6-10-22(21)25(29)30)26(31)28-14-12-27(13-15-28)23-11-7-8-19(3)20(23)4/h5-11,18,24H,12-17H2,1-4H3/t24-/m1/s1. The molecular formula is C26H33N3O2. The summed E-state index contributed by atoms with van der Waals surface area (Å²) >= 11 is 0. The molecule has 0 radical (unpaired) electrons. The number of aryl methyl sites for hydroxylation is 1. The van der Waals surface area contributed by atoms with Gasteiger partial charge in [-0.05, 0) is 55.0 Å². The van der Waals surface area contributed by atoms with Crippen LogP contribution in [0.15, 0.2) is 42.5 Å². The van der Waals surface area contributed by atoms with Gasteiger partial charge in [0.1, 0.15) is 6.04 Å². The van der Waals surface area contributed by atoms with Crippen LogP contribution in [0, 0.1) is 19.8 Å². The van der Waals surface area contributed by atoms with Crippen LogP contribution in [0.3, 0.4) is 0 Å². The molecule has 0 N–H and O–H groups in total. The number of rotatable bonds is 5. The van der Waals surface area contributed by atoms with Crippen molar-refractivity contribution in [2.24, 2.45) is 5.92 Å². The highest BCUT2D eigenvalue weighted by atomic mass is 16.2. The van der Waals surface area contributed by atoms with Gasteiger partial charge in [-0.25, -0.2) is 0 Å². The van der Waals surface area contributed by atoms with Gasteiger partial charge in [0.2, 0.25) is 5.91 Å². The monoisotopic (exact) mass is 419 g/mol. The summed E-state index contributed by atoms with van der Waals surface area (Å²) in [5.74, 6) is 0.417. The number of hydrogen-bond acceptors (Lipinski definition) is 3. The van der Waals surface area contributed by atoms with Crippen LogP contribution in [0.5, 0.6) is 0 Å². The van der Waals surface area contributed by atoms with Crippen molar-refractivity contribution < 1.29 is 9.59 Å². The molecule has 1 fully saturated rings. The van der Waals surface area contributed by atoms with Gasteiger partial charge in [-0.1, -0.05) is 44.2 Å². The van der Waals surface area contributed by atoms with E-state index in [1.807, 2.05) is 29.2 Å². The third kappa shape index (κ3) is 4.18. The Kier molecular flexibility index (Phi) is 6.03. The molecule has 164 valence electrons. The van der Waals surface area contributed by atoms with Crippen LogP contribution in [-0.4, -0.2) is 53.8 Å². The SMILES string of the molecule is Cc1cccc(N2CCN(C(=O)[C@@H](CC(C)C)N3Cc4ccccc4C3=O)CC2)c1C. The minimum absolute atomic E-state index is 0.0105. The predicted molar refractivity (Wildman–Crippen MR) is 124 cm³/mol. The summed E-state index contributed by atoms with van der Waals surface area (Å²) in [6.07, 6.45) is 0.690. The first kappa shape index (κ1) is 21.4. The van der Waals surface area contributed by atoms with Gasteiger partial charge >= 0.3 is 0 Å². The molecular weight excluding hydrogens is 386 g/mol. The number of hydrogen-bond donors (Lipinski definition) is 0. The topological polar surface area (TPSA) is 43.9 Å². The molecule has 4 rings (SSSR count). The molecule has 1 saturated heterocycles. The van der Waals surface area contributed by atoms with Crippen molar-refractivity contribution in [1.29, 1.82) is 0 Å². The van der Waals surface area contributed by atoms with E-state index < -0.39 is 6.04 Å². The van der Waals surface area contributed by atoms with Gasteiger partial charge in [-0.15, -0.1) is 0 Å². The largest absolute Gasteiger partial charge is 0.368 e. The van der Waals surface area contributed by atoms with E-state index >= 15 is 0 Å². The molecule has 0 unspecified atom stereocenters. The lowest BCUT2D eigenvalue weighted by molar-refractivity contribution is -0.137. The molecule has 0 spiro atoms. The summed E-state index contributed by atoms with van der Waals surface area (Å²) in [5.41, 5.74) is 5.62. The van der Waals surface area contributed by atoms with E-state index in [0.29, 0.717) is 32.0 Å². The van der Waals surface area contributed by atoms with E-state index in [4.69, 9.17) is 0 Å². The summed E-state index contributed by atoms with van der Waals surface area (Å²) in [6, 6.07) is 13.7. The highest BCUT2D eigenvalue weighted by Crippen LogP contribution is 2.29. The second kappa shape index (κ2) is 8.74. The van der Waals surface area contributed by atoms with Crippen LogP contribution < -0.4 is 4.90 Å². The van der Waals surface area contributed by atoms with E-state index in [1.54, 1.807) is 4.90 Å². The van der Waals surface area contributed by atoms with Crippen molar-refractivity contribution in [3.05, 3.63) is 64.7 Å². The average molecular weight is 420 g/mol. The highest BCUT2D eigenvalue weighted by Gasteiger charge is 2.39. The fourth-order valence-electron chi connectivity index (χ4n) is 4.79. The zero-order chi connectivity index (χ0) is 22.1.